The van der Waals surface area contributed by atoms with Crippen LogP contribution in [0.15, 0.2) is 30.5 Å². The van der Waals surface area contributed by atoms with Crippen molar-refractivity contribution >= 4 is 11.5 Å². The third kappa shape index (κ3) is 2.59. The molecule has 0 saturated carbocycles. The number of hydrogen-bond donors (Lipinski definition) is 2. The predicted octanol–water partition coefficient (Wildman–Crippen LogP) is 4.12. The van der Waals surface area contributed by atoms with Crippen LogP contribution >= 0.6 is 0 Å². The van der Waals surface area contributed by atoms with Gasteiger partial charge in [-0.25, -0.2) is 0 Å². The Morgan fingerprint density at radius 3 is 2.35 bits per heavy atom. The molecule has 2 rings (SSSR count). The van der Waals surface area contributed by atoms with Crippen molar-refractivity contribution < 1.29 is 22.0 Å². The van der Waals surface area contributed by atoms with Crippen LogP contribution in [0.1, 0.15) is 11.1 Å². The van der Waals surface area contributed by atoms with Crippen LogP contribution in [0.4, 0.5) is 33.5 Å². The number of benzene rings is 1. The lowest BCUT2D eigenvalue weighted by Gasteiger charge is -2.21. The number of alkyl halides is 5. The van der Waals surface area contributed by atoms with Gasteiger partial charge in [-0.3, -0.25) is 5.10 Å². The fraction of sp³-hybridized carbons (Fsp3) is 0.250. The molecule has 0 bridgehead atoms. The Labute approximate surface area is 110 Å². The van der Waals surface area contributed by atoms with Gasteiger partial charge in [0.15, 0.2) is 0 Å². The fourth-order valence-electron chi connectivity index (χ4n) is 1.59. The second-order valence-corrected chi connectivity index (χ2v) is 4.20. The van der Waals surface area contributed by atoms with Gasteiger partial charge in [-0.1, -0.05) is 12.1 Å². The van der Waals surface area contributed by atoms with Crippen molar-refractivity contribution in [3.05, 3.63) is 41.6 Å². The molecule has 1 aromatic heterocycles. The van der Waals surface area contributed by atoms with Crippen LogP contribution in [0.25, 0.3) is 0 Å². The first kappa shape index (κ1) is 14.3. The summed E-state index contributed by atoms with van der Waals surface area (Å²) in [5.74, 6) is -4.51. The third-order valence-corrected chi connectivity index (χ3v) is 2.73. The molecule has 0 aliphatic heterocycles. The molecule has 8 heteroatoms. The van der Waals surface area contributed by atoms with Gasteiger partial charge < -0.3 is 5.32 Å². The quantitative estimate of drug-likeness (QED) is 0.835. The first-order valence-corrected chi connectivity index (χ1v) is 5.54. The van der Waals surface area contributed by atoms with E-state index in [9.17, 15) is 22.0 Å². The topological polar surface area (TPSA) is 40.7 Å². The molecule has 1 heterocycles. The summed E-state index contributed by atoms with van der Waals surface area (Å²) in [7, 11) is 0. The molecule has 0 radical (unpaired) electrons. The second kappa shape index (κ2) is 4.77. The third-order valence-electron chi connectivity index (χ3n) is 2.73. The van der Waals surface area contributed by atoms with Gasteiger partial charge in [-0.15, -0.1) is 0 Å². The van der Waals surface area contributed by atoms with E-state index in [-0.39, 0.29) is 5.69 Å². The highest BCUT2D eigenvalue weighted by atomic mass is 19.4. The molecule has 108 valence electrons. The minimum Gasteiger partial charge on any atom is -0.340 e. The van der Waals surface area contributed by atoms with Gasteiger partial charge in [0.2, 0.25) is 0 Å². The van der Waals surface area contributed by atoms with E-state index in [1.54, 1.807) is 6.92 Å². The molecule has 0 atom stereocenters. The van der Waals surface area contributed by atoms with Crippen LogP contribution in [0.5, 0.6) is 0 Å². The maximum Gasteiger partial charge on any atom is 0.458 e. The molecule has 0 unspecified atom stereocenters. The van der Waals surface area contributed by atoms with E-state index in [1.165, 1.54) is 18.3 Å². The van der Waals surface area contributed by atoms with Gasteiger partial charge in [0.25, 0.3) is 0 Å². The maximum absolute atomic E-state index is 13.3. The van der Waals surface area contributed by atoms with E-state index in [1.807, 2.05) is 0 Å². The van der Waals surface area contributed by atoms with E-state index in [2.05, 4.69) is 15.5 Å². The van der Waals surface area contributed by atoms with Crippen LogP contribution < -0.4 is 5.32 Å². The lowest BCUT2D eigenvalue weighted by Crippen LogP contribution is -2.33. The number of nitrogens with zero attached hydrogens (tertiary/aromatic N) is 1. The molecule has 0 spiro atoms. The van der Waals surface area contributed by atoms with Crippen molar-refractivity contribution in [1.82, 2.24) is 10.2 Å². The van der Waals surface area contributed by atoms with Gasteiger partial charge >= 0.3 is 12.1 Å². The van der Waals surface area contributed by atoms with Gasteiger partial charge in [0, 0.05) is 17.3 Å². The summed E-state index contributed by atoms with van der Waals surface area (Å²) in [6.45, 7) is 1.59. The van der Waals surface area contributed by atoms with Crippen molar-refractivity contribution in [3.8, 4) is 0 Å². The fourth-order valence-corrected chi connectivity index (χ4v) is 1.59. The molecule has 3 nitrogen and oxygen atoms in total. The van der Waals surface area contributed by atoms with Gasteiger partial charge in [0.1, 0.15) is 5.82 Å². The summed E-state index contributed by atoms with van der Waals surface area (Å²) < 4.78 is 63.6. The molecule has 0 aliphatic carbocycles. The van der Waals surface area contributed by atoms with E-state index in [0.29, 0.717) is 11.4 Å². The summed E-state index contributed by atoms with van der Waals surface area (Å²) in [5, 5.41) is 8.87. The molecule has 20 heavy (non-hydrogen) atoms. The smallest absolute Gasteiger partial charge is 0.340 e. The van der Waals surface area contributed by atoms with Crippen molar-refractivity contribution in [3.63, 3.8) is 0 Å². The summed E-state index contributed by atoms with van der Waals surface area (Å²) >= 11 is 0. The van der Waals surface area contributed by atoms with Crippen molar-refractivity contribution in [2.45, 2.75) is 19.0 Å². The molecule has 2 aromatic rings. The van der Waals surface area contributed by atoms with Crippen molar-refractivity contribution in [2.24, 2.45) is 0 Å². The number of aryl methyl sites for hydroxylation is 1. The van der Waals surface area contributed by atoms with E-state index in [0.717, 1.165) is 12.1 Å². The Bertz CT molecular complexity index is 590. The standard InChI is InChI=1S/C12H10F5N3/c1-7-2-3-8(11(13,14)12(15,16)17)6-9(7)19-10-4-5-18-20-10/h2-6H,1H3,(H2,18,19,20). The largest absolute Gasteiger partial charge is 0.458 e. The van der Waals surface area contributed by atoms with Crippen LogP contribution in [0.2, 0.25) is 0 Å². The molecule has 2 N–H and O–H groups in total. The average molecular weight is 291 g/mol. The Hall–Kier alpha value is -2.12. The first-order valence-electron chi connectivity index (χ1n) is 5.54. The van der Waals surface area contributed by atoms with Crippen molar-refractivity contribution in [1.29, 1.82) is 0 Å². The van der Waals surface area contributed by atoms with Crippen LogP contribution in [0.3, 0.4) is 0 Å². The van der Waals surface area contributed by atoms with E-state index < -0.39 is 17.7 Å². The number of aromatic nitrogens is 2. The lowest BCUT2D eigenvalue weighted by atomic mass is 10.0. The Morgan fingerprint density at radius 2 is 1.80 bits per heavy atom. The number of aromatic amines is 1. The highest BCUT2D eigenvalue weighted by molar-refractivity contribution is 5.61. The van der Waals surface area contributed by atoms with Gasteiger partial charge in [-0.2, -0.15) is 27.1 Å². The number of hydrogen-bond acceptors (Lipinski definition) is 2. The average Bonchev–Trinajstić information content (AvgIpc) is 2.83. The predicted molar refractivity (Wildman–Crippen MR) is 63.0 cm³/mol. The van der Waals surface area contributed by atoms with Gasteiger partial charge in [-0.05, 0) is 18.6 Å². The molecule has 0 fully saturated rings. The monoisotopic (exact) mass is 291 g/mol. The minimum absolute atomic E-state index is 0.149. The molecule has 1 aromatic carbocycles. The first-order chi connectivity index (χ1) is 9.22. The normalized spacial score (nSPS) is 12.5. The number of nitrogens with one attached hydrogen (secondary N) is 2. The zero-order valence-corrected chi connectivity index (χ0v) is 10.2. The Morgan fingerprint density at radius 1 is 1.10 bits per heavy atom. The Kier molecular flexibility index (Phi) is 3.41. The maximum atomic E-state index is 13.3. The summed E-state index contributed by atoms with van der Waals surface area (Å²) in [6.07, 6.45) is -4.21. The summed E-state index contributed by atoms with van der Waals surface area (Å²) in [4.78, 5) is 0. The SMILES string of the molecule is Cc1ccc(C(F)(F)C(F)(F)F)cc1Nc1ccn[nH]1. The molecular formula is C12H10F5N3. The van der Waals surface area contributed by atoms with Crippen LogP contribution in [-0.2, 0) is 5.92 Å². The van der Waals surface area contributed by atoms with E-state index >= 15 is 0 Å². The zero-order chi connectivity index (χ0) is 15.0. The molecular weight excluding hydrogens is 281 g/mol. The summed E-state index contributed by atoms with van der Waals surface area (Å²) in [6, 6.07) is 4.27. The highest BCUT2D eigenvalue weighted by Gasteiger charge is 2.58. The van der Waals surface area contributed by atoms with Gasteiger partial charge in [0.05, 0.1) is 6.20 Å². The summed E-state index contributed by atoms with van der Waals surface area (Å²) in [5.41, 5.74) is -0.436. The van der Waals surface area contributed by atoms with E-state index in [4.69, 9.17) is 0 Å². The number of anilines is 2. The zero-order valence-electron chi connectivity index (χ0n) is 10.2. The van der Waals surface area contributed by atoms with Crippen LogP contribution in [0, 0.1) is 6.92 Å². The number of halogens is 5. The second-order valence-electron chi connectivity index (χ2n) is 4.20. The molecule has 0 amide bonds. The van der Waals surface area contributed by atoms with Crippen molar-refractivity contribution in [2.75, 3.05) is 5.32 Å². The van der Waals surface area contributed by atoms with Crippen LogP contribution in [-0.4, -0.2) is 16.4 Å². The lowest BCUT2D eigenvalue weighted by molar-refractivity contribution is -0.289. The number of rotatable bonds is 3. The highest BCUT2D eigenvalue weighted by Crippen LogP contribution is 2.44. The molecule has 0 saturated heterocycles. The molecule has 0 aliphatic rings. The Balaban J connectivity index is 2.38. The number of H-pyrrole nitrogens is 1. The minimum atomic E-state index is -5.63.